The molecule has 0 bridgehead atoms. The zero-order valence-corrected chi connectivity index (χ0v) is 12.8. The summed E-state index contributed by atoms with van der Waals surface area (Å²) in [5.41, 5.74) is 7.89. The van der Waals surface area contributed by atoms with Gasteiger partial charge in [-0.3, -0.25) is 4.79 Å². The average Bonchev–Trinajstić information content (AvgIpc) is 2.91. The molecule has 0 saturated carbocycles. The number of hydrogen-bond acceptors (Lipinski definition) is 3. The number of benzene rings is 1. The minimum atomic E-state index is -0.622. The molecule has 20 heavy (non-hydrogen) atoms. The van der Waals surface area contributed by atoms with E-state index < -0.39 is 6.04 Å². The molecule has 1 aromatic heterocycles. The fraction of sp³-hybridized carbons (Fsp3) is 0.312. The number of amides is 1. The van der Waals surface area contributed by atoms with Gasteiger partial charge in [-0.15, -0.1) is 11.3 Å². The van der Waals surface area contributed by atoms with Crippen LogP contribution in [0, 0.1) is 0 Å². The van der Waals surface area contributed by atoms with Gasteiger partial charge in [0.15, 0.2) is 0 Å². The van der Waals surface area contributed by atoms with Gasteiger partial charge in [-0.1, -0.05) is 45.0 Å². The van der Waals surface area contributed by atoms with E-state index in [1.165, 1.54) is 11.3 Å². The lowest BCUT2D eigenvalue weighted by Crippen LogP contribution is -2.28. The molecule has 0 aliphatic heterocycles. The second kappa shape index (κ2) is 5.77. The van der Waals surface area contributed by atoms with Crippen molar-refractivity contribution in [2.45, 2.75) is 32.2 Å². The summed E-state index contributed by atoms with van der Waals surface area (Å²) >= 11 is 1.49. The number of hydrogen-bond donors (Lipinski definition) is 2. The van der Waals surface area contributed by atoms with Gasteiger partial charge in [-0.2, -0.15) is 0 Å². The van der Waals surface area contributed by atoms with E-state index in [4.69, 9.17) is 5.73 Å². The fourth-order valence-corrected chi connectivity index (χ4v) is 2.78. The van der Waals surface area contributed by atoms with Crippen molar-refractivity contribution in [3.05, 3.63) is 52.2 Å². The highest BCUT2D eigenvalue weighted by atomic mass is 32.1. The van der Waals surface area contributed by atoms with Gasteiger partial charge < -0.3 is 11.1 Å². The molecule has 1 unspecified atom stereocenters. The van der Waals surface area contributed by atoms with Crippen molar-refractivity contribution in [2.24, 2.45) is 5.73 Å². The Morgan fingerprint density at radius 1 is 1.20 bits per heavy atom. The fourth-order valence-electron chi connectivity index (χ4n) is 2.05. The second-order valence-electron chi connectivity index (χ2n) is 5.78. The van der Waals surface area contributed by atoms with Crippen LogP contribution in [0.15, 0.2) is 41.8 Å². The largest absolute Gasteiger partial charge is 0.324 e. The lowest BCUT2D eigenvalue weighted by molar-refractivity contribution is -0.117. The normalized spacial score (nSPS) is 13.0. The van der Waals surface area contributed by atoms with Gasteiger partial charge in [0.2, 0.25) is 5.91 Å². The second-order valence-corrected chi connectivity index (χ2v) is 6.76. The van der Waals surface area contributed by atoms with E-state index in [2.05, 4.69) is 26.1 Å². The topological polar surface area (TPSA) is 55.1 Å². The Morgan fingerprint density at radius 2 is 1.90 bits per heavy atom. The molecule has 2 aromatic rings. The summed E-state index contributed by atoms with van der Waals surface area (Å²) in [6.07, 6.45) is 0. The number of anilines is 1. The summed E-state index contributed by atoms with van der Waals surface area (Å²) in [5.74, 6) is -0.177. The van der Waals surface area contributed by atoms with Crippen LogP contribution >= 0.6 is 11.3 Å². The molecule has 0 aliphatic carbocycles. The summed E-state index contributed by atoms with van der Waals surface area (Å²) in [6.45, 7) is 6.37. The first-order chi connectivity index (χ1) is 9.39. The molecule has 3 N–H and O–H groups in total. The Balaban J connectivity index is 2.20. The number of nitrogens with two attached hydrogens (primary N) is 1. The van der Waals surface area contributed by atoms with E-state index in [9.17, 15) is 4.79 Å². The Labute approximate surface area is 123 Å². The molecular formula is C16H20N2OS. The molecule has 0 aliphatic rings. The lowest BCUT2D eigenvalue weighted by Gasteiger charge is -2.23. The Morgan fingerprint density at radius 3 is 2.50 bits per heavy atom. The Bertz CT molecular complexity index is 585. The van der Waals surface area contributed by atoms with E-state index in [0.717, 1.165) is 16.1 Å². The maximum absolute atomic E-state index is 12.3. The monoisotopic (exact) mass is 288 g/mol. The summed E-state index contributed by atoms with van der Waals surface area (Å²) in [5, 5.41) is 4.87. The highest BCUT2D eigenvalue weighted by Crippen LogP contribution is 2.30. The molecule has 1 heterocycles. The quantitative estimate of drug-likeness (QED) is 0.905. The maximum atomic E-state index is 12.3. The van der Waals surface area contributed by atoms with Gasteiger partial charge in [0.1, 0.15) is 6.04 Å². The molecule has 1 atom stereocenters. The van der Waals surface area contributed by atoms with E-state index in [1.54, 1.807) is 0 Å². The minimum Gasteiger partial charge on any atom is -0.324 e. The average molecular weight is 288 g/mol. The van der Waals surface area contributed by atoms with Crippen molar-refractivity contribution < 1.29 is 4.79 Å². The molecule has 0 spiro atoms. The molecule has 0 radical (unpaired) electrons. The van der Waals surface area contributed by atoms with Crippen LogP contribution in [-0.4, -0.2) is 5.91 Å². The van der Waals surface area contributed by atoms with Gasteiger partial charge in [0, 0.05) is 10.6 Å². The van der Waals surface area contributed by atoms with Gasteiger partial charge in [-0.05, 0) is 28.5 Å². The van der Waals surface area contributed by atoms with Crippen LogP contribution < -0.4 is 11.1 Å². The third-order valence-electron chi connectivity index (χ3n) is 3.13. The third-order valence-corrected chi connectivity index (χ3v) is 4.08. The summed E-state index contributed by atoms with van der Waals surface area (Å²) in [4.78, 5) is 13.1. The zero-order valence-electron chi connectivity index (χ0n) is 12.0. The van der Waals surface area contributed by atoms with Crippen molar-refractivity contribution in [1.29, 1.82) is 0 Å². The molecule has 1 aromatic carbocycles. The lowest BCUT2D eigenvalue weighted by atomic mass is 9.86. The smallest absolute Gasteiger partial charge is 0.246 e. The first-order valence-electron chi connectivity index (χ1n) is 6.59. The molecular weight excluding hydrogens is 268 g/mol. The van der Waals surface area contributed by atoms with Crippen LogP contribution in [0.5, 0.6) is 0 Å². The first-order valence-corrected chi connectivity index (χ1v) is 7.47. The molecule has 3 nitrogen and oxygen atoms in total. The Hall–Kier alpha value is -1.65. The van der Waals surface area contributed by atoms with Gasteiger partial charge in [0.05, 0.1) is 0 Å². The van der Waals surface area contributed by atoms with E-state index in [0.29, 0.717) is 0 Å². The van der Waals surface area contributed by atoms with Crippen LogP contribution in [0.4, 0.5) is 5.69 Å². The van der Waals surface area contributed by atoms with Crippen LogP contribution in [-0.2, 0) is 10.2 Å². The molecule has 1 amide bonds. The predicted octanol–water partition coefficient (Wildman–Crippen LogP) is 3.68. The highest BCUT2D eigenvalue weighted by molar-refractivity contribution is 7.10. The van der Waals surface area contributed by atoms with E-state index >= 15 is 0 Å². The zero-order chi connectivity index (χ0) is 14.8. The van der Waals surface area contributed by atoms with Gasteiger partial charge >= 0.3 is 0 Å². The van der Waals surface area contributed by atoms with Crippen molar-refractivity contribution >= 4 is 22.9 Å². The summed E-state index contributed by atoms with van der Waals surface area (Å²) in [7, 11) is 0. The molecule has 2 rings (SSSR count). The van der Waals surface area contributed by atoms with Gasteiger partial charge in [0.25, 0.3) is 0 Å². The minimum absolute atomic E-state index is 0.0309. The van der Waals surface area contributed by atoms with E-state index in [1.807, 2.05) is 41.8 Å². The highest BCUT2D eigenvalue weighted by Gasteiger charge is 2.21. The van der Waals surface area contributed by atoms with Crippen molar-refractivity contribution in [3.63, 3.8) is 0 Å². The van der Waals surface area contributed by atoms with Crippen molar-refractivity contribution in [3.8, 4) is 0 Å². The maximum Gasteiger partial charge on any atom is 0.246 e. The number of nitrogens with one attached hydrogen (secondary N) is 1. The molecule has 4 heteroatoms. The standard InChI is InChI=1S/C16H20N2OS/c1-16(2,3)11-7-4-5-8-12(11)18-15(19)14(17)13-9-6-10-20-13/h4-10,14H,17H2,1-3H3,(H,18,19). The number of rotatable bonds is 3. The van der Waals surface area contributed by atoms with Crippen LogP contribution in [0.25, 0.3) is 0 Å². The molecule has 0 fully saturated rings. The summed E-state index contributed by atoms with van der Waals surface area (Å²) in [6, 6.07) is 11.0. The number of para-hydroxylation sites is 1. The first kappa shape index (κ1) is 14.8. The Kier molecular flexibility index (Phi) is 4.26. The third kappa shape index (κ3) is 3.26. The number of thiophene rings is 1. The SMILES string of the molecule is CC(C)(C)c1ccccc1NC(=O)C(N)c1cccs1. The van der Waals surface area contributed by atoms with Crippen LogP contribution in [0.3, 0.4) is 0 Å². The van der Waals surface area contributed by atoms with Crippen LogP contribution in [0.2, 0.25) is 0 Å². The predicted molar refractivity (Wildman–Crippen MR) is 85.0 cm³/mol. The van der Waals surface area contributed by atoms with E-state index in [-0.39, 0.29) is 11.3 Å². The van der Waals surface area contributed by atoms with Gasteiger partial charge in [-0.25, -0.2) is 0 Å². The molecule has 0 saturated heterocycles. The number of carbonyl (C=O) groups is 1. The number of carbonyl (C=O) groups excluding carboxylic acids is 1. The van der Waals surface area contributed by atoms with Crippen molar-refractivity contribution in [1.82, 2.24) is 0 Å². The van der Waals surface area contributed by atoms with Crippen LogP contribution in [0.1, 0.15) is 37.3 Å². The summed E-state index contributed by atoms with van der Waals surface area (Å²) < 4.78 is 0. The van der Waals surface area contributed by atoms with Crippen molar-refractivity contribution in [2.75, 3.05) is 5.32 Å². The molecule has 106 valence electrons.